The molecule has 4 nitrogen and oxygen atoms in total. The summed E-state index contributed by atoms with van der Waals surface area (Å²) in [6.07, 6.45) is 2.15. The van der Waals surface area contributed by atoms with E-state index < -0.39 is 23.5 Å². The zero-order chi connectivity index (χ0) is 14.0. The van der Waals surface area contributed by atoms with Crippen molar-refractivity contribution in [2.45, 2.75) is 12.8 Å². The molecule has 1 N–H and O–H groups in total. The van der Waals surface area contributed by atoms with Crippen LogP contribution in [0.3, 0.4) is 0 Å². The van der Waals surface area contributed by atoms with Crippen LogP contribution in [0, 0.1) is 11.7 Å². The third-order valence-corrected chi connectivity index (χ3v) is 3.07. The highest BCUT2D eigenvalue weighted by Gasteiger charge is 2.37. The third kappa shape index (κ3) is 2.76. The molecule has 5 heteroatoms. The number of carboxylic acids is 1. The standard InChI is InChI=1S/C14H11FO4/c15-10-4-1-8(2-5-10)7-9-3-6-11(12(9)16)13(17)14(18)19/h1-2,4-5,7,11H,3,6H2,(H,18,19). The molecular formula is C14H11FO4. The Kier molecular flexibility index (Phi) is 3.55. The second-order valence-corrected chi connectivity index (χ2v) is 4.35. The van der Waals surface area contributed by atoms with Gasteiger partial charge in [0.15, 0.2) is 5.78 Å². The molecular weight excluding hydrogens is 251 g/mol. The van der Waals surface area contributed by atoms with Crippen LogP contribution in [-0.2, 0) is 14.4 Å². The molecule has 1 aromatic rings. The molecule has 0 bridgehead atoms. The van der Waals surface area contributed by atoms with Gasteiger partial charge >= 0.3 is 5.97 Å². The van der Waals surface area contributed by atoms with Crippen molar-refractivity contribution in [3.63, 3.8) is 0 Å². The first kappa shape index (κ1) is 13.1. The summed E-state index contributed by atoms with van der Waals surface area (Å²) in [6.45, 7) is 0. The number of carbonyl (C=O) groups excluding carboxylic acids is 2. The normalized spacial score (nSPS) is 20.8. The molecule has 1 fully saturated rings. The average molecular weight is 262 g/mol. The molecule has 0 radical (unpaired) electrons. The summed E-state index contributed by atoms with van der Waals surface area (Å²) in [7, 11) is 0. The van der Waals surface area contributed by atoms with Crippen LogP contribution in [0.25, 0.3) is 6.08 Å². The van der Waals surface area contributed by atoms with Gasteiger partial charge in [-0.25, -0.2) is 9.18 Å². The van der Waals surface area contributed by atoms with Crippen LogP contribution in [0.4, 0.5) is 4.39 Å². The van der Waals surface area contributed by atoms with Crippen molar-refractivity contribution in [1.82, 2.24) is 0 Å². The van der Waals surface area contributed by atoms with Crippen molar-refractivity contribution < 1.29 is 23.9 Å². The second kappa shape index (κ2) is 5.14. The first-order valence-corrected chi connectivity index (χ1v) is 5.76. The summed E-state index contributed by atoms with van der Waals surface area (Å²) in [5.74, 6) is -4.55. The van der Waals surface area contributed by atoms with Crippen molar-refractivity contribution in [2.75, 3.05) is 0 Å². The summed E-state index contributed by atoms with van der Waals surface area (Å²) < 4.78 is 12.7. The van der Waals surface area contributed by atoms with Gasteiger partial charge in [0.05, 0.1) is 5.92 Å². The van der Waals surface area contributed by atoms with Gasteiger partial charge in [-0.3, -0.25) is 9.59 Å². The molecule has 1 saturated carbocycles. The van der Waals surface area contributed by atoms with Crippen molar-refractivity contribution in [3.05, 3.63) is 41.2 Å². The van der Waals surface area contributed by atoms with Gasteiger partial charge in [-0.05, 0) is 42.2 Å². The molecule has 1 aliphatic carbocycles. The fourth-order valence-electron chi connectivity index (χ4n) is 2.08. The fraction of sp³-hybridized carbons (Fsp3) is 0.214. The molecule has 19 heavy (non-hydrogen) atoms. The highest BCUT2D eigenvalue weighted by Crippen LogP contribution is 2.29. The van der Waals surface area contributed by atoms with E-state index in [1.165, 1.54) is 24.3 Å². The Labute approximate surface area is 108 Å². The van der Waals surface area contributed by atoms with Crippen molar-refractivity contribution in [1.29, 1.82) is 0 Å². The minimum Gasteiger partial charge on any atom is -0.475 e. The van der Waals surface area contributed by atoms with Crippen molar-refractivity contribution >= 4 is 23.6 Å². The molecule has 0 spiro atoms. The number of benzene rings is 1. The Balaban J connectivity index is 2.20. The lowest BCUT2D eigenvalue weighted by atomic mass is 10.0. The first-order valence-electron chi connectivity index (χ1n) is 5.76. The maximum atomic E-state index is 12.7. The zero-order valence-electron chi connectivity index (χ0n) is 9.93. The van der Waals surface area contributed by atoms with E-state index in [9.17, 15) is 18.8 Å². The van der Waals surface area contributed by atoms with Crippen LogP contribution in [0.1, 0.15) is 18.4 Å². The summed E-state index contributed by atoms with van der Waals surface area (Å²) in [5, 5.41) is 8.60. The summed E-state index contributed by atoms with van der Waals surface area (Å²) in [4.78, 5) is 33.8. The summed E-state index contributed by atoms with van der Waals surface area (Å²) >= 11 is 0. The number of carbonyl (C=O) groups is 3. The average Bonchev–Trinajstić information content (AvgIpc) is 2.73. The van der Waals surface area contributed by atoms with Crippen molar-refractivity contribution in [2.24, 2.45) is 5.92 Å². The predicted octanol–water partition coefficient (Wildman–Crippen LogP) is 1.84. The van der Waals surface area contributed by atoms with Gasteiger partial charge in [-0.2, -0.15) is 0 Å². The lowest BCUT2D eigenvalue weighted by molar-refractivity contribution is -0.152. The number of hydrogen-bond acceptors (Lipinski definition) is 3. The van der Waals surface area contributed by atoms with E-state index in [0.29, 0.717) is 17.6 Å². The molecule has 0 heterocycles. The highest BCUT2D eigenvalue weighted by atomic mass is 19.1. The van der Waals surface area contributed by atoms with Crippen LogP contribution in [0.5, 0.6) is 0 Å². The molecule has 1 aromatic carbocycles. The second-order valence-electron chi connectivity index (χ2n) is 4.35. The lowest BCUT2D eigenvalue weighted by Crippen LogP contribution is -2.26. The molecule has 1 aliphatic rings. The quantitative estimate of drug-likeness (QED) is 0.512. The molecule has 98 valence electrons. The van der Waals surface area contributed by atoms with E-state index in [4.69, 9.17) is 5.11 Å². The summed E-state index contributed by atoms with van der Waals surface area (Å²) in [6, 6.07) is 5.57. The third-order valence-electron chi connectivity index (χ3n) is 3.07. The monoisotopic (exact) mass is 262 g/mol. The van der Waals surface area contributed by atoms with Gasteiger partial charge in [0.2, 0.25) is 0 Å². The zero-order valence-corrected chi connectivity index (χ0v) is 9.93. The van der Waals surface area contributed by atoms with E-state index in [0.717, 1.165) is 0 Å². The van der Waals surface area contributed by atoms with Crippen LogP contribution in [0.2, 0.25) is 0 Å². The molecule has 1 atom stereocenters. The van der Waals surface area contributed by atoms with Crippen molar-refractivity contribution in [3.8, 4) is 0 Å². The topological polar surface area (TPSA) is 71.4 Å². The number of allylic oxidation sites excluding steroid dienone is 1. The molecule has 0 saturated heterocycles. The maximum absolute atomic E-state index is 12.7. The molecule has 2 rings (SSSR count). The van der Waals surface area contributed by atoms with Crippen LogP contribution < -0.4 is 0 Å². The Hall–Kier alpha value is -2.30. The van der Waals surface area contributed by atoms with E-state index >= 15 is 0 Å². The van der Waals surface area contributed by atoms with Gasteiger partial charge in [0, 0.05) is 0 Å². The molecule has 0 aliphatic heterocycles. The largest absolute Gasteiger partial charge is 0.475 e. The molecule has 1 unspecified atom stereocenters. The van der Waals surface area contributed by atoms with Gasteiger partial charge in [0.25, 0.3) is 5.78 Å². The number of ketones is 2. The number of carboxylic acid groups (broad SMARTS) is 1. The van der Waals surface area contributed by atoms with Gasteiger partial charge in [-0.1, -0.05) is 12.1 Å². The minimum absolute atomic E-state index is 0.219. The number of halogens is 1. The lowest BCUT2D eigenvalue weighted by Gasteiger charge is -2.01. The van der Waals surface area contributed by atoms with E-state index in [1.807, 2.05) is 0 Å². The number of hydrogen-bond donors (Lipinski definition) is 1. The maximum Gasteiger partial charge on any atom is 0.372 e. The van der Waals surface area contributed by atoms with Gasteiger partial charge in [-0.15, -0.1) is 0 Å². The van der Waals surface area contributed by atoms with E-state index in [1.54, 1.807) is 6.08 Å². The Morgan fingerprint density at radius 1 is 1.26 bits per heavy atom. The summed E-state index contributed by atoms with van der Waals surface area (Å²) in [5.41, 5.74) is 1.05. The number of rotatable bonds is 3. The van der Waals surface area contributed by atoms with E-state index in [2.05, 4.69) is 0 Å². The Morgan fingerprint density at radius 3 is 2.47 bits per heavy atom. The minimum atomic E-state index is -1.58. The van der Waals surface area contributed by atoms with Crippen LogP contribution in [-0.4, -0.2) is 22.6 Å². The van der Waals surface area contributed by atoms with Gasteiger partial charge < -0.3 is 5.11 Å². The fourth-order valence-corrected chi connectivity index (χ4v) is 2.08. The van der Waals surface area contributed by atoms with Gasteiger partial charge in [0.1, 0.15) is 5.82 Å². The SMILES string of the molecule is O=C(O)C(=O)C1CCC(=Cc2ccc(F)cc2)C1=O. The number of aliphatic carboxylic acids is 1. The molecule has 0 aromatic heterocycles. The van der Waals surface area contributed by atoms with E-state index in [-0.39, 0.29) is 12.2 Å². The Bertz CT molecular complexity index is 572. The number of Topliss-reactive ketones (excluding diaryl/α,β-unsaturated/α-hetero) is 2. The van der Waals surface area contributed by atoms with Crippen LogP contribution in [0.15, 0.2) is 29.8 Å². The highest BCUT2D eigenvalue weighted by molar-refractivity contribution is 6.39. The molecule has 0 amide bonds. The first-order chi connectivity index (χ1) is 8.99. The predicted molar refractivity (Wildman–Crippen MR) is 64.8 cm³/mol. The van der Waals surface area contributed by atoms with Crippen LogP contribution >= 0.6 is 0 Å². The Morgan fingerprint density at radius 2 is 1.89 bits per heavy atom. The smallest absolute Gasteiger partial charge is 0.372 e.